The van der Waals surface area contributed by atoms with Crippen LogP contribution in [0.2, 0.25) is 0 Å². The minimum Gasteiger partial charge on any atom is -0.351 e. The van der Waals surface area contributed by atoms with Gasteiger partial charge in [0.05, 0.1) is 17.1 Å². The highest BCUT2D eigenvalue weighted by molar-refractivity contribution is 7.99. The molecule has 30 heavy (non-hydrogen) atoms. The molecular weight excluding hydrogens is 405 g/mol. The number of hydrogen-bond donors (Lipinski definition) is 1. The first-order valence-electron chi connectivity index (χ1n) is 9.32. The Labute approximate surface area is 176 Å². The lowest BCUT2D eigenvalue weighted by atomic mass is 10.2. The second-order valence-electron chi connectivity index (χ2n) is 6.79. The van der Waals surface area contributed by atoms with Gasteiger partial charge in [-0.1, -0.05) is 11.8 Å². The van der Waals surface area contributed by atoms with Crippen molar-refractivity contribution in [3.05, 3.63) is 65.0 Å². The molecule has 0 spiro atoms. The van der Waals surface area contributed by atoms with Crippen molar-refractivity contribution in [3.63, 3.8) is 0 Å². The van der Waals surface area contributed by atoms with E-state index >= 15 is 0 Å². The fraction of sp³-hybridized carbons (Fsp3) is 0.250. The molecule has 3 heterocycles. The summed E-state index contributed by atoms with van der Waals surface area (Å²) in [5.41, 5.74) is 4.11. The number of thioether (sulfide) groups is 1. The number of benzene rings is 1. The van der Waals surface area contributed by atoms with Gasteiger partial charge < -0.3 is 5.32 Å². The molecule has 4 rings (SSSR count). The lowest BCUT2D eigenvalue weighted by molar-refractivity contribution is -0.118. The van der Waals surface area contributed by atoms with Crippen LogP contribution < -0.4 is 5.32 Å². The van der Waals surface area contributed by atoms with Crippen molar-refractivity contribution < 1.29 is 9.18 Å². The summed E-state index contributed by atoms with van der Waals surface area (Å²) < 4.78 is 16.6. The first-order chi connectivity index (χ1) is 14.4. The van der Waals surface area contributed by atoms with Crippen molar-refractivity contribution in [1.82, 2.24) is 34.9 Å². The summed E-state index contributed by atoms with van der Waals surface area (Å²) in [6.45, 7) is 6.02. The lowest BCUT2D eigenvalue weighted by Gasteiger charge is -2.07. The topological polar surface area (TPSA) is 90.0 Å². The molecule has 8 nitrogen and oxygen atoms in total. The van der Waals surface area contributed by atoms with Crippen LogP contribution >= 0.6 is 11.8 Å². The Balaban J connectivity index is 1.38. The van der Waals surface area contributed by atoms with Crippen molar-refractivity contribution in [3.8, 4) is 5.69 Å². The van der Waals surface area contributed by atoms with Crippen LogP contribution in [0.4, 0.5) is 4.39 Å². The van der Waals surface area contributed by atoms with Crippen molar-refractivity contribution in [2.45, 2.75) is 32.3 Å². The van der Waals surface area contributed by atoms with E-state index in [2.05, 4.69) is 25.7 Å². The van der Waals surface area contributed by atoms with Gasteiger partial charge in [-0.05, 0) is 57.2 Å². The van der Waals surface area contributed by atoms with E-state index in [0.717, 1.165) is 27.7 Å². The molecule has 0 fully saturated rings. The quantitative estimate of drug-likeness (QED) is 0.478. The number of hydrogen-bond acceptors (Lipinski definition) is 6. The monoisotopic (exact) mass is 425 g/mol. The van der Waals surface area contributed by atoms with Gasteiger partial charge in [-0.2, -0.15) is 14.7 Å². The van der Waals surface area contributed by atoms with E-state index in [1.54, 1.807) is 21.3 Å². The molecule has 0 radical (unpaired) electrons. The first kappa shape index (κ1) is 20.0. The van der Waals surface area contributed by atoms with Gasteiger partial charge in [0, 0.05) is 17.8 Å². The summed E-state index contributed by atoms with van der Waals surface area (Å²) in [5.74, 6) is 0.541. The molecule has 0 saturated carbocycles. The molecule has 0 atom stereocenters. The van der Waals surface area contributed by atoms with Gasteiger partial charge in [-0.3, -0.25) is 4.79 Å². The van der Waals surface area contributed by atoms with Crippen LogP contribution in [-0.2, 0) is 11.3 Å². The van der Waals surface area contributed by atoms with Crippen LogP contribution in [0.25, 0.3) is 11.3 Å². The number of rotatable bonds is 6. The number of nitrogens with zero attached hydrogens (tertiary/aromatic N) is 6. The van der Waals surface area contributed by atoms with Gasteiger partial charge in [0.2, 0.25) is 5.91 Å². The lowest BCUT2D eigenvalue weighted by Crippen LogP contribution is -2.25. The fourth-order valence-corrected chi connectivity index (χ4v) is 3.78. The zero-order valence-electron chi connectivity index (χ0n) is 16.8. The Morgan fingerprint density at radius 3 is 2.60 bits per heavy atom. The third-order valence-electron chi connectivity index (χ3n) is 4.72. The molecule has 4 aromatic rings. The van der Waals surface area contributed by atoms with Gasteiger partial charge in [-0.25, -0.2) is 9.07 Å². The molecule has 1 aromatic carbocycles. The van der Waals surface area contributed by atoms with E-state index in [9.17, 15) is 9.18 Å². The number of aromatic nitrogens is 6. The number of carbonyl (C=O) groups excluding carboxylic acids is 1. The zero-order valence-corrected chi connectivity index (χ0v) is 17.6. The second kappa shape index (κ2) is 8.23. The molecule has 0 saturated heterocycles. The number of halogens is 1. The van der Waals surface area contributed by atoms with Crippen LogP contribution in [0.5, 0.6) is 0 Å². The van der Waals surface area contributed by atoms with Gasteiger partial charge in [-0.15, -0.1) is 10.2 Å². The average molecular weight is 425 g/mol. The number of nitrogens with one attached hydrogen (secondary N) is 1. The molecule has 10 heteroatoms. The van der Waals surface area contributed by atoms with Crippen molar-refractivity contribution in [2.75, 3.05) is 5.75 Å². The summed E-state index contributed by atoms with van der Waals surface area (Å²) >= 11 is 1.35. The molecule has 154 valence electrons. The maximum Gasteiger partial charge on any atom is 0.230 e. The zero-order chi connectivity index (χ0) is 21.3. The number of fused-ring (bicyclic) bond motifs is 1. The Bertz CT molecular complexity index is 1220. The van der Waals surface area contributed by atoms with E-state index in [-0.39, 0.29) is 17.5 Å². The first-order valence-corrected chi connectivity index (χ1v) is 10.3. The Morgan fingerprint density at radius 1 is 1.07 bits per heavy atom. The van der Waals surface area contributed by atoms with E-state index < -0.39 is 0 Å². The molecule has 1 N–H and O–H groups in total. The number of carbonyl (C=O) groups is 1. The number of aryl methyl sites for hydroxylation is 2. The Morgan fingerprint density at radius 2 is 1.83 bits per heavy atom. The van der Waals surface area contributed by atoms with E-state index in [1.165, 1.54) is 23.9 Å². The minimum absolute atomic E-state index is 0.101. The van der Waals surface area contributed by atoms with Gasteiger partial charge in [0.25, 0.3) is 0 Å². The van der Waals surface area contributed by atoms with Gasteiger partial charge in [0.1, 0.15) is 10.8 Å². The summed E-state index contributed by atoms with van der Waals surface area (Å²) in [6, 6.07) is 9.80. The SMILES string of the molecule is Cc1nn(-c2ccc(F)cc2)c(C)c1CNC(=O)CSc1ccc2nnc(C)n2n1. The smallest absolute Gasteiger partial charge is 0.230 e. The summed E-state index contributed by atoms with van der Waals surface area (Å²) in [4.78, 5) is 12.3. The third-order valence-corrected chi connectivity index (χ3v) is 5.64. The third kappa shape index (κ3) is 4.04. The summed E-state index contributed by atoms with van der Waals surface area (Å²) in [6.07, 6.45) is 0. The number of amides is 1. The minimum atomic E-state index is -0.293. The molecule has 0 unspecified atom stereocenters. The predicted molar refractivity (Wildman–Crippen MR) is 111 cm³/mol. The largest absolute Gasteiger partial charge is 0.351 e. The summed E-state index contributed by atoms with van der Waals surface area (Å²) in [7, 11) is 0. The molecule has 0 bridgehead atoms. The van der Waals surface area contributed by atoms with Crippen molar-refractivity contribution >= 4 is 23.3 Å². The molecule has 1 amide bonds. The fourth-order valence-electron chi connectivity index (χ4n) is 3.10. The highest BCUT2D eigenvalue weighted by Gasteiger charge is 2.14. The molecule has 0 aliphatic rings. The Hall–Kier alpha value is -3.27. The highest BCUT2D eigenvalue weighted by atomic mass is 32.2. The molecular formula is C20H20FN7OS. The predicted octanol–water partition coefficient (Wildman–Crippen LogP) is 2.78. The van der Waals surface area contributed by atoms with Crippen LogP contribution in [0, 0.1) is 26.6 Å². The van der Waals surface area contributed by atoms with Crippen molar-refractivity contribution in [1.29, 1.82) is 0 Å². The van der Waals surface area contributed by atoms with Gasteiger partial charge in [0.15, 0.2) is 11.5 Å². The van der Waals surface area contributed by atoms with Gasteiger partial charge >= 0.3 is 0 Å². The maximum atomic E-state index is 13.2. The van der Waals surface area contributed by atoms with Crippen LogP contribution in [0.1, 0.15) is 22.8 Å². The standard InChI is InChI=1S/C20H20FN7OS/c1-12-17(13(2)27(25-12)16-6-4-15(21)5-7-16)10-22-19(29)11-30-20-9-8-18-24-23-14(3)28(18)26-20/h4-9H,10-11H2,1-3H3,(H,22,29). The second-order valence-corrected chi connectivity index (χ2v) is 7.79. The normalized spacial score (nSPS) is 11.2. The maximum absolute atomic E-state index is 13.2. The van der Waals surface area contributed by atoms with Crippen molar-refractivity contribution in [2.24, 2.45) is 0 Å². The van der Waals surface area contributed by atoms with Crippen LogP contribution in [-0.4, -0.2) is 41.3 Å². The van der Waals surface area contributed by atoms with Crippen LogP contribution in [0.3, 0.4) is 0 Å². The summed E-state index contributed by atoms with van der Waals surface area (Å²) in [5, 5.41) is 20.6. The highest BCUT2D eigenvalue weighted by Crippen LogP contribution is 2.19. The molecule has 0 aliphatic carbocycles. The van der Waals surface area contributed by atoms with E-state index in [0.29, 0.717) is 18.0 Å². The van der Waals surface area contributed by atoms with E-state index in [4.69, 9.17) is 0 Å². The van der Waals surface area contributed by atoms with E-state index in [1.807, 2.05) is 32.9 Å². The molecule has 0 aliphatic heterocycles. The average Bonchev–Trinajstić information content (AvgIpc) is 3.24. The Kier molecular flexibility index (Phi) is 5.49. The van der Waals surface area contributed by atoms with Crippen LogP contribution in [0.15, 0.2) is 41.4 Å². The molecule has 3 aromatic heterocycles.